The topological polar surface area (TPSA) is 75.4 Å². The van der Waals surface area contributed by atoms with Gasteiger partial charge in [0.05, 0.1) is 18.7 Å². The van der Waals surface area contributed by atoms with E-state index in [9.17, 15) is 9.90 Å². The molecule has 4 nitrogen and oxygen atoms in total. The smallest absolute Gasteiger partial charge is 0.234 e. The van der Waals surface area contributed by atoms with E-state index in [4.69, 9.17) is 5.73 Å². The van der Waals surface area contributed by atoms with Crippen molar-refractivity contribution >= 4 is 5.91 Å². The first-order valence-electron chi connectivity index (χ1n) is 4.87. The minimum atomic E-state index is -0.707. The first-order valence-corrected chi connectivity index (χ1v) is 4.87. The second kappa shape index (κ2) is 5.48. The van der Waals surface area contributed by atoms with Gasteiger partial charge in [-0.3, -0.25) is 4.79 Å². The maximum absolute atomic E-state index is 11.0. The number of carbonyl (C=O) groups excluding carboxylic acids is 1. The van der Waals surface area contributed by atoms with Gasteiger partial charge in [-0.25, -0.2) is 0 Å². The Bertz CT molecular complexity index is 314. The van der Waals surface area contributed by atoms with Crippen LogP contribution in [0.4, 0.5) is 0 Å². The highest BCUT2D eigenvalue weighted by Gasteiger charge is 2.17. The Morgan fingerprint density at radius 1 is 1.47 bits per heavy atom. The minimum Gasteiger partial charge on any atom is -0.386 e. The normalized spacial score (nSPS) is 14.3. The predicted molar refractivity (Wildman–Crippen MR) is 58.1 cm³/mol. The maximum Gasteiger partial charge on any atom is 0.234 e. The van der Waals surface area contributed by atoms with Crippen LogP contribution in [0.2, 0.25) is 0 Å². The molecule has 82 valence electrons. The third-order valence-corrected chi connectivity index (χ3v) is 2.19. The highest BCUT2D eigenvalue weighted by Crippen LogP contribution is 2.15. The van der Waals surface area contributed by atoms with E-state index < -0.39 is 6.10 Å². The molecule has 1 aromatic carbocycles. The second-order valence-corrected chi connectivity index (χ2v) is 3.42. The molecule has 0 aliphatic carbocycles. The van der Waals surface area contributed by atoms with Gasteiger partial charge in [0.2, 0.25) is 5.91 Å². The summed E-state index contributed by atoms with van der Waals surface area (Å²) >= 11 is 0. The van der Waals surface area contributed by atoms with Gasteiger partial charge in [0.15, 0.2) is 0 Å². The lowest BCUT2D eigenvalue weighted by atomic mass is 10.0. The molecule has 4 heteroatoms. The third kappa shape index (κ3) is 3.34. The van der Waals surface area contributed by atoms with Crippen molar-refractivity contribution in [3.8, 4) is 0 Å². The van der Waals surface area contributed by atoms with Crippen molar-refractivity contribution in [2.45, 2.75) is 19.1 Å². The van der Waals surface area contributed by atoms with Crippen LogP contribution < -0.4 is 11.1 Å². The van der Waals surface area contributed by atoms with E-state index in [1.54, 1.807) is 6.92 Å². The fourth-order valence-electron chi connectivity index (χ4n) is 1.33. The molecule has 2 atom stereocenters. The summed E-state index contributed by atoms with van der Waals surface area (Å²) in [6, 6.07) is 8.85. The Morgan fingerprint density at radius 2 is 2.07 bits per heavy atom. The summed E-state index contributed by atoms with van der Waals surface area (Å²) in [6.07, 6.45) is -0.707. The Hall–Kier alpha value is -1.39. The molecule has 0 aliphatic rings. The summed E-state index contributed by atoms with van der Waals surface area (Å²) < 4.78 is 0. The van der Waals surface area contributed by atoms with Crippen LogP contribution in [0.1, 0.15) is 18.6 Å². The Morgan fingerprint density at radius 3 is 2.60 bits per heavy atom. The number of hydrogen-bond acceptors (Lipinski definition) is 3. The van der Waals surface area contributed by atoms with Gasteiger partial charge in [0.1, 0.15) is 0 Å². The minimum absolute atomic E-state index is 0.0636. The van der Waals surface area contributed by atoms with E-state index >= 15 is 0 Å². The van der Waals surface area contributed by atoms with E-state index in [1.807, 2.05) is 30.3 Å². The van der Waals surface area contributed by atoms with Crippen LogP contribution in [-0.2, 0) is 4.79 Å². The van der Waals surface area contributed by atoms with E-state index in [-0.39, 0.29) is 18.5 Å². The van der Waals surface area contributed by atoms with Crippen molar-refractivity contribution in [2.24, 2.45) is 5.73 Å². The molecule has 4 N–H and O–H groups in total. The van der Waals surface area contributed by atoms with Gasteiger partial charge in [-0.15, -0.1) is 0 Å². The standard InChI is InChI=1S/C11H16N2O2/c1-8(13-10(14)7-12)11(15)9-5-3-2-4-6-9/h2-6,8,11,15H,7,12H2,1H3,(H,13,14)/t8-,11+/m0/s1. The first-order chi connectivity index (χ1) is 7.15. The maximum atomic E-state index is 11.0. The van der Waals surface area contributed by atoms with Gasteiger partial charge < -0.3 is 16.2 Å². The number of nitrogens with one attached hydrogen (secondary N) is 1. The second-order valence-electron chi connectivity index (χ2n) is 3.42. The average molecular weight is 208 g/mol. The lowest BCUT2D eigenvalue weighted by Crippen LogP contribution is -2.40. The summed E-state index contributed by atoms with van der Waals surface area (Å²) in [6.45, 7) is 1.68. The van der Waals surface area contributed by atoms with Gasteiger partial charge in [0.25, 0.3) is 0 Å². The van der Waals surface area contributed by atoms with Crippen LogP contribution in [0.15, 0.2) is 30.3 Å². The first kappa shape index (κ1) is 11.7. The number of aliphatic hydroxyl groups is 1. The summed E-state index contributed by atoms with van der Waals surface area (Å²) in [5.41, 5.74) is 5.95. The van der Waals surface area contributed by atoms with Crippen molar-refractivity contribution in [3.05, 3.63) is 35.9 Å². The predicted octanol–water partition coefficient (Wildman–Crippen LogP) is 0.183. The molecule has 0 fully saturated rings. The van der Waals surface area contributed by atoms with Crippen LogP contribution in [0.25, 0.3) is 0 Å². The van der Waals surface area contributed by atoms with Crippen LogP contribution in [0.5, 0.6) is 0 Å². The molecule has 0 spiro atoms. The highest BCUT2D eigenvalue weighted by atomic mass is 16.3. The molecule has 1 aromatic rings. The zero-order valence-corrected chi connectivity index (χ0v) is 8.68. The number of carbonyl (C=O) groups is 1. The number of nitrogens with two attached hydrogens (primary N) is 1. The van der Waals surface area contributed by atoms with Crippen LogP contribution in [0.3, 0.4) is 0 Å². The largest absolute Gasteiger partial charge is 0.386 e. The molecule has 0 radical (unpaired) electrons. The molecular weight excluding hydrogens is 192 g/mol. The lowest BCUT2D eigenvalue weighted by Gasteiger charge is -2.20. The molecular formula is C11H16N2O2. The van der Waals surface area contributed by atoms with E-state index in [1.165, 1.54) is 0 Å². The fraction of sp³-hybridized carbons (Fsp3) is 0.364. The summed E-state index contributed by atoms with van der Waals surface area (Å²) in [7, 11) is 0. The summed E-state index contributed by atoms with van der Waals surface area (Å²) in [5.74, 6) is -0.266. The Labute approximate surface area is 89.1 Å². The molecule has 1 rings (SSSR count). The van der Waals surface area contributed by atoms with Crippen molar-refractivity contribution < 1.29 is 9.90 Å². The number of hydrogen-bond donors (Lipinski definition) is 3. The molecule has 0 saturated carbocycles. The molecule has 0 aromatic heterocycles. The molecule has 0 aliphatic heterocycles. The molecule has 0 unspecified atom stereocenters. The zero-order chi connectivity index (χ0) is 11.3. The lowest BCUT2D eigenvalue weighted by molar-refractivity contribution is -0.121. The number of rotatable bonds is 4. The van der Waals surface area contributed by atoms with Crippen LogP contribution in [-0.4, -0.2) is 23.6 Å². The van der Waals surface area contributed by atoms with Crippen molar-refractivity contribution in [2.75, 3.05) is 6.54 Å². The van der Waals surface area contributed by atoms with Gasteiger partial charge >= 0.3 is 0 Å². The van der Waals surface area contributed by atoms with Crippen molar-refractivity contribution in [1.82, 2.24) is 5.32 Å². The number of aliphatic hydroxyl groups excluding tert-OH is 1. The highest BCUT2D eigenvalue weighted by molar-refractivity contribution is 5.78. The zero-order valence-electron chi connectivity index (χ0n) is 8.68. The summed E-state index contributed by atoms with van der Waals surface area (Å²) in [5, 5.41) is 12.5. The van der Waals surface area contributed by atoms with Gasteiger partial charge in [-0.2, -0.15) is 0 Å². The van der Waals surface area contributed by atoms with Gasteiger partial charge in [-0.05, 0) is 12.5 Å². The van der Waals surface area contributed by atoms with E-state index in [0.717, 1.165) is 5.56 Å². The molecule has 15 heavy (non-hydrogen) atoms. The van der Waals surface area contributed by atoms with Gasteiger partial charge in [0, 0.05) is 0 Å². The quantitative estimate of drug-likeness (QED) is 0.661. The number of amides is 1. The molecule has 1 amide bonds. The Balaban J connectivity index is 2.61. The SMILES string of the molecule is C[C@H](NC(=O)CN)[C@@H](O)c1ccccc1. The molecule has 0 bridgehead atoms. The third-order valence-electron chi connectivity index (χ3n) is 2.19. The number of benzene rings is 1. The van der Waals surface area contributed by atoms with Gasteiger partial charge in [-0.1, -0.05) is 30.3 Å². The van der Waals surface area contributed by atoms with E-state index in [2.05, 4.69) is 5.32 Å². The fourth-order valence-corrected chi connectivity index (χ4v) is 1.33. The van der Waals surface area contributed by atoms with Crippen molar-refractivity contribution in [3.63, 3.8) is 0 Å². The Kier molecular flexibility index (Phi) is 4.27. The molecule has 0 saturated heterocycles. The van der Waals surface area contributed by atoms with Crippen molar-refractivity contribution in [1.29, 1.82) is 0 Å². The van der Waals surface area contributed by atoms with Crippen LogP contribution >= 0.6 is 0 Å². The van der Waals surface area contributed by atoms with E-state index in [0.29, 0.717) is 0 Å². The molecule has 0 heterocycles. The average Bonchev–Trinajstić information content (AvgIpc) is 2.29. The van der Waals surface area contributed by atoms with Crippen LogP contribution in [0, 0.1) is 0 Å². The monoisotopic (exact) mass is 208 g/mol. The summed E-state index contributed by atoms with van der Waals surface area (Å²) in [4.78, 5) is 11.0.